The molecule has 1 aromatic heterocycles. The molecule has 0 fully saturated rings. The molecular weight excluding hydrogens is 301 g/mol. The van der Waals surface area contributed by atoms with Crippen LogP contribution in [0.25, 0.3) is 0 Å². The van der Waals surface area contributed by atoms with Gasteiger partial charge < -0.3 is 10.4 Å². The van der Waals surface area contributed by atoms with E-state index < -0.39 is 5.97 Å². The van der Waals surface area contributed by atoms with Crippen molar-refractivity contribution in [3.8, 4) is 0 Å². The molecule has 0 unspecified atom stereocenters. The summed E-state index contributed by atoms with van der Waals surface area (Å²) in [5.74, 6) is -1.37. The molecule has 1 aliphatic heterocycles. The molecular formula is C7H6IN3O3. The lowest BCUT2D eigenvalue weighted by Crippen LogP contribution is -2.36. The highest BCUT2D eigenvalue weighted by molar-refractivity contribution is 14.1. The predicted molar refractivity (Wildman–Crippen MR) is 54.2 cm³/mol. The number of fused-ring (bicyclic) bond motifs is 1. The third-order valence-electron chi connectivity index (χ3n) is 1.92. The maximum Gasteiger partial charge on any atom is 0.357 e. The highest BCUT2D eigenvalue weighted by atomic mass is 127. The summed E-state index contributed by atoms with van der Waals surface area (Å²) in [6.07, 6.45) is 0. The van der Waals surface area contributed by atoms with Crippen molar-refractivity contribution < 1.29 is 14.7 Å². The number of aromatic carboxylic acids is 1. The SMILES string of the molecule is O=C(O)c1nn2c(c1I)C(=O)NCC2. The number of nitrogens with one attached hydrogen (secondary N) is 1. The van der Waals surface area contributed by atoms with Gasteiger partial charge in [0, 0.05) is 6.54 Å². The van der Waals surface area contributed by atoms with E-state index >= 15 is 0 Å². The van der Waals surface area contributed by atoms with Gasteiger partial charge in [-0.1, -0.05) is 0 Å². The average Bonchev–Trinajstić information content (AvgIpc) is 2.45. The first-order valence-corrected chi connectivity index (χ1v) is 4.97. The molecule has 0 aromatic carbocycles. The van der Waals surface area contributed by atoms with Crippen LogP contribution in [0.2, 0.25) is 0 Å². The lowest BCUT2D eigenvalue weighted by Gasteiger charge is -2.13. The smallest absolute Gasteiger partial charge is 0.357 e. The summed E-state index contributed by atoms with van der Waals surface area (Å²) in [6, 6.07) is 0. The molecule has 1 amide bonds. The van der Waals surface area contributed by atoms with E-state index in [1.165, 1.54) is 4.68 Å². The lowest BCUT2D eigenvalue weighted by molar-refractivity contribution is 0.0688. The van der Waals surface area contributed by atoms with Gasteiger partial charge in [0.25, 0.3) is 5.91 Å². The van der Waals surface area contributed by atoms with Gasteiger partial charge in [-0.05, 0) is 22.6 Å². The Labute approximate surface area is 92.4 Å². The minimum Gasteiger partial charge on any atom is -0.476 e. The fourth-order valence-electron chi connectivity index (χ4n) is 1.31. The van der Waals surface area contributed by atoms with Gasteiger partial charge in [-0.15, -0.1) is 0 Å². The van der Waals surface area contributed by atoms with E-state index in [9.17, 15) is 9.59 Å². The summed E-state index contributed by atoms with van der Waals surface area (Å²) >= 11 is 1.82. The summed E-state index contributed by atoms with van der Waals surface area (Å²) in [4.78, 5) is 22.1. The first-order chi connectivity index (χ1) is 6.61. The van der Waals surface area contributed by atoms with Crippen LogP contribution in [0.5, 0.6) is 0 Å². The van der Waals surface area contributed by atoms with Gasteiger partial charge in [0.15, 0.2) is 5.69 Å². The molecule has 7 heteroatoms. The number of aromatic nitrogens is 2. The molecule has 0 spiro atoms. The summed E-state index contributed by atoms with van der Waals surface area (Å²) in [6.45, 7) is 1.01. The largest absolute Gasteiger partial charge is 0.476 e. The minimum atomic E-state index is -1.11. The van der Waals surface area contributed by atoms with Crippen molar-refractivity contribution in [2.45, 2.75) is 6.54 Å². The van der Waals surface area contributed by atoms with Crippen LogP contribution < -0.4 is 5.32 Å². The number of rotatable bonds is 1. The third kappa shape index (κ3) is 1.27. The maximum atomic E-state index is 11.4. The Bertz CT molecular complexity index is 426. The Balaban J connectivity index is 2.60. The molecule has 2 heterocycles. The van der Waals surface area contributed by atoms with Crippen LogP contribution in [0, 0.1) is 3.57 Å². The highest BCUT2D eigenvalue weighted by Gasteiger charge is 2.27. The summed E-state index contributed by atoms with van der Waals surface area (Å²) < 4.78 is 1.83. The molecule has 0 aliphatic carbocycles. The number of amides is 1. The molecule has 2 N–H and O–H groups in total. The molecule has 1 aromatic rings. The summed E-state index contributed by atoms with van der Waals surface area (Å²) in [5, 5.41) is 15.3. The van der Waals surface area contributed by atoms with Crippen molar-refractivity contribution in [1.29, 1.82) is 0 Å². The van der Waals surface area contributed by atoms with Crippen LogP contribution in [0.4, 0.5) is 0 Å². The molecule has 0 atom stereocenters. The Kier molecular flexibility index (Phi) is 2.17. The molecule has 0 bridgehead atoms. The molecule has 1 aliphatic rings. The van der Waals surface area contributed by atoms with Gasteiger partial charge in [-0.3, -0.25) is 9.48 Å². The molecule has 6 nitrogen and oxygen atoms in total. The van der Waals surface area contributed by atoms with Gasteiger partial charge in [0.05, 0.1) is 10.1 Å². The number of halogens is 1. The van der Waals surface area contributed by atoms with Gasteiger partial charge >= 0.3 is 5.97 Å². The number of carbonyl (C=O) groups is 2. The molecule has 14 heavy (non-hydrogen) atoms. The Morgan fingerprint density at radius 3 is 2.93 bits per heavy atom. The number of hydrogen-bond acceptors (Lipinski definition) is 3. The number of carboxylic acids is 1. The van der Waals surface area contributed by atoms with E-state index in [0.29, 0.717) is 22.4 Å². The van der Waals surface area contributed by atoms with Gasteiger partial charge in [0.1, 0.15) is 5.69 Å². The van der Waals surface area contributed by atoms with Crippen LogP contribution in [0.3, 0.4) is 0 Å². The fourth-order valence-corrected chi connectivity index (χ4v) is 2.18. The summed E-state index contributed by atoms with van der Waals surface area (Å²) in [7, 11) is 0. The Morgan fingerprint density at radius 2 is 2.36 bits per heavy atom. The monoisotopic (exact) mass is 307 g/mol. The van der Waals surface area contributed by atoms with Crippen molar-refractivity contribution in [3.05, 3.63) is 15.0 Å². The number of carbonyl (C=O) groups excluding carboxylic acids is 1. The van der Waals surface area contributed by atoms with Gasteiger partial charge in [-0.2, -0.15) is 5.10 Å². The number of carboxylic acid groups (broad SMARTS) is 1. The first-order valence-electron chi connectivity index (χ1n) is 3.89. The molecule has 2 rings (SSSR count). The average molecular weight is 307 g/mol. The second kappa shape index (κ2) is 3.23. The van der Waals surface area contributed by atoms with E-state index in [-0.39, 0.29) is 11.6 Å². The van der Waals surface area contributed by atoms with E-state index in [0.717, 1.165) is 0 Å². The zero-order valence-corrected chi connectivity index (χ0v) is 9.11. The summed E-state index contributed by atoms with van der Waals surface area (Å²) in [5.41, 5.74) is 0.284. The van der Waals surface area contributed by atoms with Crippen molar-refractivity contribution in [2.24, 2.45) is 0 Å². The van der Waals surface area contributed by atoms with Gasteiger partial charge in [-0.25, -0.2) is 4.79 Å². The highest BCUT2D eigenvalue weighted by Crippen LogP contribution is 2.18. The minimum absolute atomic E-state index is 0.0577. The zero-order valence-electron chi connectivity index (χ0n) is 6.95. The van der Waals surface area contributed by atoms with Crippen LogP contribution >= 0.6 is 22.6 Å². The van der Waals surface area contributed by atoms with Crippen LogP contribution in [-0.4, -0.2) is 33.3 Å². The van der Waals surface area contributed by atoms with Crippen LogP contribution in [-0.2, 0) is 6.54 Å². The van der Waals surface area contributed by atoms with Crippen LogP contribution in [0.1, 0.15) is 21.0 Å². The Hall–Kier alpha value is -1.12. The second-order valence-corrected chi connectivity index (χ2v) is 3.87. The molecule has 74 valence electrons. The van der Waals surface area contributed by atoms with Crippen LogP contribution in [0.15, 0.2) is 0 Å². The Morgan fingerprint density at radius 1 is 1.64 bits per heavy atom. The van der Waals surface area contributed by atoms with Crippen molar-refractivity contribution in [2.75, 3.05) is 6.54 Å². The number of hydrogen-bond donors (Lipinski definition) is 2. The topological polar surface area (TPSA) is 84.2 Å². The van der Waals surface area contributed by atoms with Crippen molar-refractivity contribution in [1.82, 2.24) is 15.1 Å². The van der Waals surface area contributed by atoms with E-state index in [1.807, 2.05) is 22.6 Å². The second-order valence-electron chi connectivity index (χ2n) is 2.80. The lowest BCUT2D eigenvalue weighted by atomic mass is 10.3. The van der Waals surface area contributed by atoms with Gasteiger partial charge in [0.2, 0.25) is 0 Å². The van der Waals surface area contributed by atoms with Crippen molar-refractivity contribution >= 4 is 34.5 Å². The fraction of sp³-hybridized carbons (Fsp3) is 0.286. The van der Waals surface area contributed by atoms with Crippen molar-refractivity contribution in [3.63, 3.8) is 0 Å². The zero-order chi connectivity index (χ0) is 10.3. The predicted octanol–water partition coefficient (Wildman–Crippen LogP) is -0.0707. The number of nitrogens with zero attached hydrogens (tertiary/aromatic N) is 2. The standard InChI is InChI=1S/C7H6IN3O3/c8-3-4(7(13)14)10-11-2-1-9-6(12)5(3)11/h1-2H2,(H,9,12)(H,13,14). The maximum absolute atomic E-state index is 11.4. The molecule has 0 saturated carbocycles. The third-order valence-corrected chi connectivity index (χ3v) is 2.94. The molecule has 0 saturated heterocycles. The first kappa shape index (κ1) is 9.44. The molecule has 0 radical (unpaired) electrons. The van der Waals surface area contributed by atoms with E-state index in [1.54, 1.807) is 0 Å². The van der Waals surface area contributed by atoms with E-state index in [4.69, 9.17) is 5.11 Å². The quantitative estimate of drug-likeness (QED) is 0.711. The normalized spacial score (nSPS) is 14.8. The van der Waals surface area contributed by atoms with E-state index in [2.05, 4.69) is 10.4 Å².